The number of nitrogens with one attached hydrogen (secondary N) is 1. The highest BCUT2D eigenvalue weighted by Crippen LogP contribution is 2.43. The molecule has 5 nitrogen and oxygen atoms in total. The topological polar surface area (TPSA) is 56.1 Å². The lowest BCUT2D eigenvalue weighted by Crippen LogP contribution is -2.15. The summed E-state index contributed by atoms with van der Waals surface area (Å²) in [6.45, 7) is 0. The van der Waals surface area contributed by atoms with Gasteiger partial charge in [-0.15, -0.1) is 11.8 Å². The number of nitrogens with zero attached hydrogens (tertiary/aromatic N) is 2. The van der Waals surface area contributed by atoms with Gasteiger partial charge in [0.15, 0.2) is 5.69 Å². The highest BCUT2D eigenvalue weighted by Gasteiger charge is 2.28. The van der Waals surface area contributed by atoms with Crippen molar-refractivity contribution in [2.24, 2.45) is 7.05 Å². The van der Waals surface area contributed by atoms with Crippen LogP contribution in [-0.2, 0) is 12.8 Å². The molecule has 2 aromatic carbocycles. The Morgan fingerprint density at radius 2 is 2.15 bits per heavy atom. The first-order valence-electron chi connectivity index (χ1n) is 8.01. The molecule has 3 aromatic rings. The molecule has 26 heavy (non-hydrogen) atoms. The minimum absolute atomic E-state index is 0.235. The Morgan fingerprint density at radius 1 is 1.31 bits per heavy atom. The first-order chi connectivity index (χ1) is 12.6. The maximum Gasteiger partial charge on any atom is 0.276 e. The number of hydrogen-bond donors (Lipinski definition) is 1. The lowest BCUT2D eigenvalue weighted by Gasteiger charge is -2.17. The second kappa shape index (κ2) is 6.70. The zero-order valence-electron chi connectivity index (χ0n) is 14.2. The number of fused-ring (bicyclic) bond motifs is 3. The average molecular weight is 386 g/mol. The van der Waals surface area contributed by atoms with E-state index >= 15 is 0 Å². The van der Waals surface area contributed by atoms with Crippen molar-refractivity contribution in [1.82, 2.24) is 9.78 Å². The maximum absolute atomic E-state index is 12.8. The summed E-state index contributed by atoms with van der Waals surface area (Å²) in [4.78, 5) is 14.0. The van der Waals surface area contributed by atoms with Gasteiger partial charge in [-0.2, -0.15) is 5.10 Å². The second-order valence-corrected chi connectivity index (χ2v) is 7.37. The van der Waals surface area contributed by atoms with Crippen molar-refractivity contribution in [1.29, 1.82) is 0 Å². The number of halogens is 1. The van der Waals surface area contributed by atoms with Gasteiger partial charge in [-0.3, -0.25) is 9.48 Å². The molecule has 7 heteroatoms. The van der Waals surface area contributed by atoms with Crippen molar-refractivity contribution >= 4 is 35.0 Å². The van der Waals surface area contributed by atoms with E-state index in [1.807, 2.05) is 43.4 Å². The third kappa shape index (κ3) is 2.95. The summed E-state index contributed by atoms with van der Waals surface area (Å²) < 4.78 is 6.95. The first-order valence-corrected chi connectivity index (χ1v) is 9.37. The molecule has 4 rings (SSSR count). The van der Waals surface area contributed by atoms with E-state index in [0.29, 0.717) is 27.9 Å². The molecule has 1 amide bonds. The molecule has 0 spiro atoms. The van der Waals surface area contributed by atoms with Gasteiger partial charge in [0, 0.05) is 45.6 Å². The van der Waals surface area contributed by atoms with Gasteiger partial charge in [0.25, 0.3) is 5.91 Å². The van der Waals surface area contributed by atoms with Crippen LogP contribution < -0.4 is 10.1 Å². The number of aryl methyl sites for hydroxylation is 1. The van der Waals surface area contributed by atoms with E-state index in [1.165, 1.54) is 0 Å². The van der Waals surface area contributed by atoms with E-state index < -0.39 is 0 Å². The van der Waals surface area contributed by atoms with Gasteiger partial charge in [-0.1, -0.05) is 17.7 Å². The van der Waals surface area contributed by atoms with E-state index in [1.54, 1.807) is 29.6 Å². The fourth-order valence-electron chi connectivity index (χ4n) is 3.08. The van der Waals surface area contributed by atoms with Crippen LogP contribution in [0.3, 0.4) is 0 Å². The largest absolute Gasteiger partial charge is 0.497 e. The molecule has 1 aliphatic heterocycles. The lowest BCUT2D eigenvalue weighted by atomic mass is 10.1. The minimum Gasteiger partial charge on any atom is -0.497 e. The van der Waals surface area contributed by atoms with Crippen molar-refractivity contribution in [2.45, 2.75) is 10.6 Å². The Balaban J connectivity index is 1.71. The minimum atomic E-state index is -0.235. The smallest absolute Gasteiger partial charge is 0.276 e. The number of carbonyl (C=O) groups excluding carboxylic acids is 1. The van der Waals surface area contributed by atoms with Crippen LogP contribution in [0.25, 0.3) is 11.3 Å². The van der Waals surface area contributed by atoms with Gasteiger partial charge in [0.2, 0.25) is 0 Å². The molecular formula is C19H16ClN3O2S. The first kappa shape index (κ1) is 17.0. The predicted octanol–water partition coefficient (Wildman–Crippen LogP) is 4.61. The summed E-state index contributed by atoms with van der Waals surface area (Å²) in [7, 11) is 3.44. The lowest BCUT2D eigenvalue weighted by molar-refractivity contribution is 0.102. The summed E-state index contributed by atoms with van der Waals surface area (Å²) >= 11 is 7.86. The molecule has 0 atom stereocenters. The molecular weight excluding hydrogens is 370 g/mol. The number of rotatable bonds is 3. The van der Waals surface area contributed by atoms with Gasteiger partial charge in [0.05, 0.1) is 12.8 Å². The Kier molecular flexibility index (Phi) is 4.38. The van der Waals surface area contributed by atoms with Crippen molar-refractivity contribution in [3.05, 3.63) is 58.7 Å². The third-order valence-electron chi connectivity index (χ3n) is 4.26. The van der Waals surface area contributed by atoms with E-state index in [9.17, 15) is 4.79 Å². The number of methoxy groups -OCH3 is 1. The van der Waals surface area contributed by atoms with E-state index in [0.717, 1.165) is 21.7 Å². The van der Waals surface area contributed by atoms with Crippen LogP contribution in [0.2, 0.25) is 5.02 Å². The summed E-state index contributed by atoms with van der Waals surface area (Å²) in [6, 6.07) is 13.1. The average Bonchev–Trinajstić information content (AvgIpc) is 2.99. The van der Waals surface area contributed by atoms with Crippen LogP contribution in [0.15, 0.2) is 47.4 Å². The number of anilines is 1. The number of benzene rings is 2. The Morgan fingerprint density at radius 3 is 2.96 bits per heavy atom. The Labute approximate surface area is 160 Å². The van der Waals surface area contributed by atoms with Crippen molar-refractivity contribution in [3.8, 4) is 17.0 Å². The maximum atomic E-state index is 12.8. The SMILES string of the molecule is COc1cccc(NC(=O)c2nn(C)c3c2CSc2ccc(Cl)cc2-3)c1. The molecule has 0 unspecified atom stereocenters. The quantitative estimate of drug-likeness (QED) is 0.715. The number of aromatic nitrogens is 2. The van der Waals surface area contributed by atoms with Crippen LogP contribution in [0.1, 0.15) is 16.1 Å². The van der Waals surface area contributed by atoms with Crippen molar-refractivity contribution in [2.75, 3.05) is 12.4 Å². The number of ether oxygens (including phenoxy) is 1. The van der Waals surface area contributed by atoms with Crippen LogP contribution in [-0.4, -0.2) is 22.8 Å². The molecule has 132 valence electrons. The second-order valence-electron chi connectivity index (χ2n) is 5.91. The van der Waals surface area contributed by atoms with E-state index in [-0.39, 0.29) is 5.91 Å². The van der Waals surface area contributed by atoms with Gasteiger partial charge >= 0.3 is 0 Å². The number of thioether (sulfide) groups is 1. The zero-order chi connectivity index (χ0) is 18.3. The van der Waals surface area contributed by atoms with Gasteiger partial charge in [-0.05, 0) is 30.3 Å². The van der Waals surface area contributed by atoms with Gasteiger partial charge in [-0.25, -0.2) is 0 Å². The number of hydrogen-bond acceptors (Lipinski definition) is 4. The predicted molar refractivity (Wildman–Crippen MR) is 104 cm³/mol. The Hall–Kier alpha value is -2.44. The van der Waals surface area contributed by atoms with Gasteiger partial charge in [0.1, 0.15) is 5.75 Å². The number of amides is 1. The molecule has 0 bridgehead atoms. The standard InChI is InChI=1S/C19H16ClN3O2S/c1-23-18-14-8-11(20)6-7-16(14)26-10-15(18)17(22-23)19(24)21-12-4-3-5-13(9-12)25-2/h3-9H,10H2,1-2H3,(H,21,24). The van der Waals surface area contributed by atoms with E-state index in [4.69, 9.17) is 16.3 Å². The molecule has 0 saturated carbocycles. The fourth-order valence-corrected chi connectivity index (χ4v) is 4.30. The van der Waals surface area contributed by atoms with E-state index in [2.05, 4.69) is 10.4 Å². The molecule has 1 aliphatic rings. The highest BCUT2D eigenvalue weighted by atomic mass is 35.5. The zero-order valence-corrected chi connectivity index (χ0v) is 15.8. The van der Waals surface area contributed by atoms with Crippen LogP contribution in [0, 0.1) is 0 Å². The van der Waals surface area contributed by atoms with Crippen molar-refractivity contribution in [3.63, 3.8) is 0 Å². The number of carbonyl (C=O) groups is 1. The molecule has 0 fully saturated rings. The monoisotopic (exact) mass is 385 g/mol. The van der Waals surface area contributed by atoms with Gasteiger partial charge < -0.3 is 10.1 Å². The van der Waals surface area contributed by atoms with Crippen LogP contribution in [0.4, 0.5) is 5.69 Å². The van der Waals surface area contributed by atoms with Crippen LogP contribution in [0.5, 0.6) is 5.75 Å². The molecule has 1 N–H and O–H groups in total. The summed E-state index contributed by atoms with van der Waals surface area (Å²) in [5.41, 5.74) is 3.98. The molecule has 0 saturated heterocycles. The van der Waals surface area contributed by atoms with Crippen molar-refractivity contribution < 1.29 is 9.53 Å². The fraction of sp³-hybridized carbons (Fsp3) is 0.158. The summed E-state index contributed by atoms with van der Waals surface area (Å²) in [5.74, 6) is 1.14. The van der Waals surface area contributed by atoms with Crippen LogP contribution >= 0.6 is 23.4 Å². The molecule has 2 heterocycles. The normalized spacial score (nSPS) is 12.3. The molecule has 1 aromatic heterocycles. The third-order valence-corrected chi connectivity index (χ3v) is 5.59. The molecule has 0 radical (unpaired) electrons. The summed E-state index contributed by atoms with van der Waals surface area (Å²) in [5, 5.41) is 8.05. The molecule has 0 aliphatic carbocycles. The Bertz CT molecular complexity index is 1020. The summed E-state index contributed by atoms with van der Waals surface area (Å²) in [6.07, 6.45) is 0. The highest BCUT2D eigenvalue weighted by molar-refractivity contribution is 7.98.